The quantitative estimate of drug-likeness (QED) is 0.0247. The number of nitrogens with one attached hydrogen (secondary N) is 1. The van der Waals surface area contributed by atoms with Gasteiger partial charge in [0.05, 0.1) is 39.9 Å². The summed E-state index contributed by atoms with van der Waals surface area (Å²) in [6.45, 7) is 4.42. The molecule has 318 valence electrons. The summed E-state index contributed by atoms with van der Waals surface area (Å²) >= 11 is 0. The molecule has 0 rings (SSSR count). The Morgan fingerprint density at radius 1 is 0.611 bits per heavy atom. The predicted octanol–water partition coefficient (Wildman–Crippen LogP) is 12.3. The van der Waals surface area contributed by atoms with Gasteiger partial charge in [-0.3, -0.25) is 13.8 Å². The van der Waals surface area contributed by atoms with E-state index in [2.05, 4.69) is 36.5 Å². The summed E-state index contributed by atoms with van der Waals surface area (Å²) < 4.78 is 23.1. The van der Waals surface area contributed by atoms with Crippen LogP contribution in [-0.2, 0) is 18.4 Å². The lowest BCUT2D eigenvalue weighted by atomic mass is 10.0. The Kier molecular flexibility index (Phi) is 36.4. The zero-order chi connectivity index (χ0) is 40.0. The predicted molar refractivity (Wildman–Crippen MR) is 231 cm³/mol. The highest BCUT2D eigenvalue weighted by Gasteiger charge is 2.27. The molecule has 3 atom stereocenters. The minimum atomic E-state index is -4.32. The van der Waals surface area contributed by atoms with E-state index in [1.54, 1.807) is 6.08 Å². The van der Waals surface area contributed by atoms with Gasteiger partial charge in [0, 0.05) is 6.42 Å². The van der Waals surface area contributed by atoms with Crippen molar-refractivity contribution in [3.63, 3.8) is 0 Å². The molecule has 0 fully saturated rings. The van der Waals surface area contributed by atoms with E-state index in [-0.39, 0.29) is 19.1 Å². The number of rotatable bonds is 40. The molecule has 0 radical (unpaired) electrons. The molecule has 0 spiro atoms. The number of likely N-dealkylation sites (N-methyl/N-ethyl adjacent to an activating group) is 1. The Balaban J connectivity index is 3.83. The van der Waals surface area contributed by atoms with Gasteiger partial charge in [-0.05, 0) is 44.9 Å². The van der Waals surface area contributed by atoms with E-state index < -0.39 is 20.0 Å². The van der Waals surface area contributed by atoms with Gasteiger partial charge < -0.3 is 19.8 Å². The second kappa shape index (κ2) is 37.3. The fraction of sp³-hybridized carbons (Fsp3) is 0.844. The number of hydrogen-bond acceptors (Lipinski definition) is 5. The lowest BCUT2D eigenvalue weighted by Gasteiger charge is -2.25. The van der Waals surface area contributed by atoms with Crippen LogP contribution < -0.4 is 5.32 Å². The number of quaternary nitrogens is 1. The van der Waals surface area contributed by atoms with Gasteiger partial charge in [0.2, 0.25) is 5.91 Å². The molecule has 1 amide bonds. The van der Waals surface area contributed by atoms with Crippen LogP contribution in [0.5, 0.6) is 0 Å². The van der Waals surface area contributed by atoms with Crippen molar-refractivity contribution in [2.45, 2.75) is 206 Å². The first kappa shape index (κ1) is 52.7. The lowest BCUT2D eigenvalue weighted by Crippen LogP contribution is -2.45. The van der Waals surface area contributed by atoms with Crippen molar-refractivity contribution in [2.24, 2.45) is 0 Å². The first-order valence-electron chi connectivity index (χ1n) is 22.4. The fourth-order valence-corrected chi connectivity index (χ4v) is 7.03. The SMILES string of the molecule is CCCCCCCCCCCCCCCCCCCCCCC/C=C/CC/C=C/CC/C=C/C(O)C(COP(=O)(O)OCC[N+](C)(C)C)NC(=O)CCC. The summed E-state index contributed by atoms with van der Waals surface area (Å²) in [4.78, 5) is 22.3. The largest absolute Gasteiger partial charge is 0.472 e. The maximum Gasteiger partial charge on any atom is 0.472 e. The van der Waals surface area contributed by atoms with Crippen LogP contribution in [0.15, 0.2) is 36.5 Å². The molecule has 0 saturated heterocycles. The van der Waals surface area contributed by atoms with Crippen LogP contribution in [0.1, 0.15) is 194 Å². The number of aliphatic hydroxyl groups excluding tert-OH is 1. The van der Waals surface area contributed by atoms with Gasteiger partial charge >= 0.3 is 7.82 Å². The number of unbranched alkanes of at least 4 members (excludes halogenated alkanes) is 23. The number of allylic oxidation sites excluding steroid dienone is 5. The van der Waals surface area contributed by atoms with Crippen molar-refractivity contribution in [3.8, 4) is 0 Å². The molecular formula is C45H88N2O6P+. The Morgan fingerprint density at radius 2 is 1.02 bits per heavy atom. The van der Waals surface area contributed by atoms with E-state index in [1.807, 2.05) is 34.1 Å². The topological polar surface area (TPSA) is 105 Å². The third kappa shape index (κ3) is 39.0. The highest BCUT2D eigenvalue weighted by Crippen LogP contribution is 2.43. The van der Waals surface area contributed by atoms with E-state index >= 15 is 0 Å². The maximum absolute atomic E-state index is 12.3. The van der Waals surface area contributed by atoms with Crippen molar-refractivity contribution in [2.75, 3.05) is 40.9 Å². The number of hydrogen-bond donors (Lipinski definition) is 3. The highest BCUT2D eigenvalue weighted by atomic mass is 31.2. The van der Waals surface area contributed by atoms with Crippen molar-refractivity contribution < 1.29 is 32.9 Å². The molecule has 3 unspecified atom stereocenters. The molecule has 54 heavy (non-hydrogen) atoms. The third-order valence-electron chi connectivity index (χ3n) is 9.81. The van der Waals surface area contributed by atoms with Gasteiger partial charge in [-0.25, -0.2) is 4.57 Å². The van der Waals surface area contributed by atoms with Gasteiger partial charge in [-0.2, -0.15) is 0 Å². The molecular weight excluding hydrogens is 695 g/mol. The molecule has 8 nitrogen and oxygen atoms in total. The molecule has 0 bridgehead atoms. The van der Waals surface area contributed by atoms with Crippen LogP contribution in [0.2, 0.25) is 0 Å². The van der Waals surface area contributed by atoms with Crippen LogP contribution in [-0.4, -0.2) is 73.4 Å². The van der Waals surface area contributed by atoms with Crippen LogP contribution in [0.4, 0.5) is 0 Å². The molecule has 0 aromatic rings. The lowest BCUT2D eigenvalue weighted by molar-refractivity contribution is -0.870. The summed E-state index contributed by atoms with van der Waals surface area (Å²) in [7, 11) is 1.54. The monoisotopic (exact) mass is 784 g/mol. The molecule has 9 heteroatoms. The molecule has 3 N–H and O–H groups in total. The number of carbonyl (C=O) groups is 1. The van der Waals surface area contributed by atoms with Gasteiger partial charge in [-0.15, -0.1) is 0 Å². The second-order valence-corrected chi connectivity index (χ2v) is 17.9. The molecule has 0 saturated carbocycles. The summed E-state index contributed by atoms with van der Waals surface area (Å²) in [6, 6.07) is -0.862. The zero-order valence-electron chi connectivity index (χ0n) is 36.0. The number of phosphoric acid groups is 1. The van der Waals surface area contributed by atoms with Crippen molar-refractivity contribution in [1.82, 2.24) is 5.32 Å². The summed E-state index contributed by atoms with van der Waals surface area (Å²) in [5.74, 6) is -0.245. The minimum Gasteiger partial charge on any atom is -0.387 e. The molecule has 0 aromatic carbocycles. The Morgan fingerprint density at radius 3 is 1.44 bits per heavy atom. The second-order valence-electron chi connectivity index (χ2n) is 16.4. The van der Waals surface area contributed by atoms with E-state index in [4.69, 9.17) is 9.05 Å². The Labute approximate surface area is 334 Å². The highest BCUT2D eigenvalue weighted by molar-refractivity contribution is 7.47. The average Bonchev–Trinajstić information content (AvgIpc) is 3.11. The van der Waals surface area contributed by atoms with E-state index in [1.165, 1.54) is 141 Å². The van der Waals surface area contributed by atoms with Gasteiger partial charge in [0.1, 0.15) is 13.2 Å². The van der Waals surface area contributed by atoms with E-state index in [0.717, 1.165) is 25.7 Å². The molecule has 0 aromatic heterocycles. The Hall–Kier alpha value is -1.28. The van der Waals surface area contributed by atoms with Crippen LogP contribution in [0.25, 0.3) is 0 Å². The van der Waals surface area contributed by atoms with Crippen molar-refractivity contribution >= 4 is 13.7 Å². The molecule has 0 aliphatic rings. The minimum absolute atomic E-state index is 0.0517. The van der Waals surface area contributed by atoms with Crippen LogP contribution >= 0.6 is 7.82 Å². The average molecular weight is 784 g/mol. The Bertz CT molecular complexity index is 980. The van der Waals surface area contributed by atoms with E-state index in [0.29, 0.717) is 23.9 Å². The number of amides is 1. The van der Waals surface area contributed by atoms with Gasteiger partial charge in [0.25, 0.3) is 0 Å². The summed E-state index contributed by atoms with van der Waals surface area (Å²) in [5, 5.41) is 13.4. The van der Waals surface area contributed by atoms with Gasteiger partial charge in [0.15, 0.2) is 0 Å². The number of aliphatic hydroxyl groups is 1. The van der Waals surface area contributed by atoms with Crippen molar-refractivity contribution in [3.05, 3.63) is 36.5 Å². The van der Waals surface area contributed by atoms with E-state index in [9.17, 15) is 19.4 Å². The van der Waals surface area contributed by atoms with Crippen molar-refractivity contribution in [1.29, 1.82) is 0 Å². The fourth-order valence-electron chi connectivity index (χ4n) is 6.29. The normalized spacial score (nSPS) is 14.7. The maximum atomic E-state index is 12.3. The number of nitrogens with zero attached hydrogens (tertiary/aromatic N) is 1. The standard InChI is InChI=1S/C45H87N2O6P/c1-6-8-9-10-11-12-13-14-15-16-17-18-19-20-21-22-23-24-25-26-27-28-29-30-31-32-33-34-35-36-37-39-44(48)43(46-45(49)38-7-2)42-53-54(50,51)52-41-40-47(3,4)5/h29-30,33-34,37,39,43-44,48H,6-28,31-32,35-36,38,40-42H2,1-5H3,(H-,46,49,50,51)/p+1/b30-29+,34-33+,39-37+. The molecule has 0 heterocycles. The van der Waals surface area contributed by atoms with Crippen LogP contribution in [0, 0.1) is 0 Å². The van der Waals surface area contributed by atoms with Gasteiger partial charge in [-0.1, -0.05) is 179 Å². The number of carbonyl (C=O) groups excluding carboxylic acids is 1. The smallest absolute Gasteiger partial charge is 0.387 e. The first-order chi connectivity index (χ1) is 26.0. The molecule has 0 aliphatic carbocycles. The number of phosphoric ester groups is 1. The first-order valence-corrected chi connectivity index (χ1v) is 23.9. The third-order valence-corrected chi connectivity index (χ3v) is 10.8. The molecule has 0 aliphatic heterocycles. The van der Waals surface area contributed by atoms with Crippen LogP contribution in [0.3, 0.4) is 0 Å². The summed E-state index contributed by atoms with van der Waals surface area (Å²) in [6.07, 6.45) is 47.0. The zero-order valence-corrected chi connectivity index (χ0v) is 36.9. The summed E-state index contributed by atoms with van der Waals surface area (Å²) in [5.41, 5.74) is 0.